The second kappa shape index (κ2) is 5.96. The van der Waals surface area contributed by atoms with Gasteiger partial charge in [-0.1, -0.05) is 31.2 Å². The van der Waals surface area contributed by atoms with Gasteiger partial charge in [-0.3, -0.25) is 14.9 Å². The third-order valence-electron chi connectivity index (χ3n) is 4.39. The number of carbonyl (C=O) groups is 1. The summed E-state index contributed by atoms with van der Waals surface area (Å²) in [4.78, 5) is 25.4. The van der Waals surface area contributed by atoms with Gasteiger partial charge in [-0.25, -0.2) is 0 Å². The van der Waals surface area contributed by atoms with Gasteiger partial charge in [0.1, 0.15) is 5.66 Å². The highest BCUT2D eigenvalue weighted by molar-refractivity contribution is 6.02. The summed E-state index contributed by atoms with van der Waals surface area (Å²) in [6.07, 6.45) is 0.792. The second-order valence-corrected chi connectivity index (χ2v) is 6.01. The summed E-state index contributed by atoms with van der Waals surface area (Å²) in [5.41, 5.74) is 1.22. The minimum atomic E-state index is -0.840. The number of nitrogens with one attached hydrogen (secondary N) is 1. The van der Waals surface area contributed by atoms with Gasteiger partial charge in [-0.05, 0) is 25.5 Å². The third-order valence-corrected chi connectivity index (χ3v) is 4.39. The van der Waals surface area contributed by atoms with Crippen LogP contribution in [0.1, 0.15) is 36.2 Å². The van der Waals surface area contributed by atoms with Crippen LogP contribution in [0, 0.1) is 10.1 Å². The number of anilines is 1. The summed E-state index contributed by atoms with van der Waals surface area (Å²) in [6.45, 7) is 4.44. The zero-order valence-corrected chi connectivity index (χ0v) is 13.7. The first-order valence-corrected chi connectivity index (χ1v) is 7.91. The van der Waals surface area contributed by atoms with Crippen molar-refractivity contribution in [2.45, 2.75) is 25.9 Å². The van der Waals surface area contributed by atoms with Crippen LogP contribution in [0.25, 0.3) is 0 Å². The van der Waals surface area contributed by atoms with Crippen molar-refractivity contribution in [3.63, 3.8) is 0 Å². The minimum absolute atomic E-state index is 0.0123. The molecule has 0 saturated carbocycles. The largest absolute Gasteiger partial charge is 0.358 e. The fraction of sp³-hybridized carbons (Fsp3) is 0.278. The maximum absolute atomic E-state index is 13.0. The van der Waals surface area contributed by atoms with Gasteiger partial charge in [-0.2, -0.15) is 0 Å². The summed E-state index contributed by atoms with van der Waals surface area (Å²) in [6, 6.07) is 13.8. The van der Waals surface area contributed by atoms with Crippen molar-refractivity contribution in [2.24, 2.45) is 0 Å². The van der Waals surface area contributed by atoms with E-state index in [1.807, 2.05) is 38.1 Å². The van der Waals surface area contributed by atoms with Crippen molar-refractivity contribution in [1.82, 2.24) is 4.90 Å². The predicted octanol–water partition coefficient (Wildman–Crippen LogP) is 3.75. The number of nitrogens with zero attached hydrogens (tertiary/aromatic N) is 2. The third kappa shape index (κ3) is 2.50. The first-order valence-electron chi connectivity index (χ1n) is 7.91. The molecule has 1 atom stereocenters. The van der Waals surface area contributed by atoms with Crippen LogP contribution in [-0.4, -0.2) is 22.3 Å². The van der Waals surface area contributed by atoms with Gasteiger partial charge in [0.25, 0.3) is 11.6 Å². The molecule has 1 amide bonds. The van der Waals surface area contributed by atoms with Crippen molar-refractivity contribution in [3.05, 3.63) is 69.8 Å². The van der Waals surface area contributed by atoms with Crippen LogP contribution in [-0.2, 0) is 5.66 Å². The van der Waals surface area contributed by atoms with Crippen LogP contribution in [0.3, 0.4) is 0 Å². The number of fused-ring (bicyclic) bond motifs is 1. The number of hydrogen-bond donors (Lipinski definition) is 1. The van der Waals surface area contributed by atoms with Crippen LogP contribution < -0.4 is 5.32 Å². The molecule has 2 aromatic rings. The van der Waals surface area contributed by atoms with E-state index in [1.165, 1.54) is 12.1 Å². The SMILES string of the molecule is CCCN1C(=O)c2ccccc2NC1(C)c1cccc([N+](=O)[O-])c1. The van der Waals surface area contributed by atoms with Crippen molar-refractivity contribution in [3.8, 4) is 0 Å². The second-order valence-electron chi connectivity index (χ2n) is 6.01. The molecule has 0 bridgehead atoms. The first kappa shape index (κ1) is 16.0. The Labute approximate surface area is 140 Å². The van der Waals surface area contributed by atoms with E-state index in [2.05, 4.69) is 5.32 Å². The number of benzene rings is 2. The van der Waals surface area contributed by atoms with E-state index in [4.69, 9.17) is 0 Å². The fourth-order valence-corrected chi connectivity index (χ4v) is 3.16. The number of nitro benzene ring substituents is 1. The van der Waals surface area contributed by atoms with Crippen LogP contribution >= 0.6 is 0 Å². The van der Waals surface area contributed by atoms with E-state index in [-0.39, 0.29) is 11.6 Å². The molecule has 2 aromatic carbocycles. The maximum atomic E-state index is 13.0. The van der Waals surface area contributed by atoms with Crippen molar-refractivity contribution in [2.75, 3.05) is 11.9 Å². The van der Waals surface area contributed by atoms with Crippen LogP contribution in [0.4, 0.5) is 11.4 Å². The molecule has 3 rings (SSSR count). The molecule has 1 unspecified atom stereocenters. The maximum Gasteiger partial charge on any atom is 0.269 e. The Morgan fingerprint density at radius 1 is 1.21 bits per heavy atom. The van der Waals surface area contributed by atoms with E-state index >= 15 is 0 Å². The van der Waals surface area contributed by atoms with Gasteiger partial charge in [0.05, 0.1) is 10.5 Å². The Kier molecular flexibility index (Phi) is 3.97. The van der Waals surface area contributed by atoms with Crippen LogP contribution in [0.5, 0.6) is 0 Å². The molecule has 1 aliphatic heterocycles. The molecule has 124 valence electrons. The van der Waals surface area contributed by atoms with E-state index < -0.39 is 10.6 Å². The average molecular weight is 325 g/mol. The molecule has 1 N–H and O–H groups in total. The van der Waals surface area contributed by atoms with Gasteiger partial charge in [0, 0.05) is 29.9 Å². The molecule has 6 heteroatoms. The van der Waals surface area contributed by atoms with Gasteiger partial charge in [0.15, 0.2) is 0 Å². The molecule has 0 aliphatic carbocycles. The molecule has 0 aromatic heterocycles. The predicted molar refractivity (Wildman–Crippen MR) is 91.8 cm³/mol. The van der Waals surface area contributed by atoms with E-state index in [1.54, 1.807) is 17.0 Å². The normalized spacial score (nSPS) is 19.6. The molecule has 0 saturated heterocycles. The molecule has 24 heavy (non-hydrogen) atoms. The van der Waals surface area contributed by atoms with Crippen molar-refractivity contribution in [1.29, 1.82) is 0 Å². The molecule has 1 heterocycles. The highest BCUT2D eigenvalue weighted by Crippen LogP contribution is 2.38. The molecule has 0 fully saturated rings. The van der Waals surface area contributed by atoms with E-state index in [0.717, 1.165) is 12.1 Å². The summed E-state index contributed by atoms with van der Waals surface area (Å²) in [7, 11) is 0. The van der Waals surface area contributed by atoms with Crippen molar-refractivity contribution >= 4 is 17.3 Å². The highest BCUT2D eigenvalue weighted by atomic mass is 16.6. The lowest BCUT2D eigenvalue weighted by molar-refractivity contribution is -0.385. The molecule has 1 aliphatic rings. The van der Waals surface area contributed by atoms with Gasteiger partial charge < -0.3 is 10.2 Å². The highest BCUT2D eigenvalue weighted by Gasteiger charge is 2.42. The summed E-state index contributed by atoms with van der Waals surface area (Å²) < 4.78 is 0. The molecular formula is C18H19N3O3. The zero-order chi connectivity index (χ0) is 17.3. The average Bonchev–Trinajstić information content (AvgIpc) is 2.59. The standard InChI is InChI=1S/C18H19N3O3/c1-3-11-20-17(22)15-9-4-5-10-16(15)19-18(20,2)13-7-6-8-14(12-13)21(23)24/h4-10,12,19H,3,11H2,1-2H3. The molecule has 6 nitrogen and oxygen atoms in total. The van der Waals surface area contributed by atoms with Crippen LogP contribution in [0.2, 0.25) is 0 Å². The van der Waals surface area contributed by atoms with Crippen molar-refractivity contribution < 1.29 is 9.72 Å². The Hall–Kier alpha value is -2.89. The number of rotatable bonds is 4. The minimum Gasteiger partial charge on any atom is -0.358 e. The Balaban J connectivity index is 2.14. The number of non-ortho nitro benzene ring substituents is 1. The van der Waals surface area contributed by atoms with Gasteiger partial charge in [0.2, 0.25) is 0 Å². The van der Waals surface area contributed by atoms with Gasteiger partial charge in [-0.15, -0.1) is 0 Å². The van der Waals surface area contributed by atoms with Gasteiger partial charge >= 0.3 is 0 Å². The number of hydrogen-bond acceptors (Lipinski definition) is 4. The Bertz CT molecular complexity index is 806. The number of para-hydroxylation sites is 1. The molecule has 0 spiro atoms. The Morgan fingerprint density at radius 2 is 1.96 bits per heavy atom. The topological polar surface area (TPSA) is 75.5 Å². The lowest BCUT2D eigenvalue weighted by Crippen LogP contribution is -2.56. The van der Waals surface area contributed by atoms with Crippen LogP contribution in [0.15, 0.2) is 48.5 Å². The summed E-state index contributed by atoms with van der Waals surface area (Å²) >= 11 is 0. The lowest BCUT2D eigenvalue weighted by atomic mass is 9.93. The lowest BCUT2D eigenvalue weighted by Gasteiger charge is -2.46. The zero-order valence-electron chi connectivity index (χ0n) is 13.7. The summed E-state index contributed by atoms with van der Waals surface area (Å²) in [5.74, 6) is -0.0693. The summed E-state index contributed by atoms with van der Waals surface area (Å²) in [5, 5.41) is 14.5. The molecular weight excluding hydrogens is 306 g/mol. The number of nitro groups is 1. The monoisotopic (exact) mass is 325 g/mol. The van der Waals surface area contributed by atoms with E-state index in [9.17, 15) is 14.9 Å². The first-order chi connectivity index (χ1) is 11.5. The fourth-order valence-electron chi connectivity index (χ4n) is 3.16. The Morgan fingerprint density at radius 3 is 2.67 bits per heavy atom. The number of carbonyl (C=O) groups excluding carboxylic acids is 1. The number of amides is 1. The quantitative estimate of drug-likeness (QED) is 0.686. The smallest absolute Gasteiger partial charge is 0.269 e. The molecule has 0 radical (unpaired) electrons. The van der Waals surface area contributed by atoms with E-state index in [0.29, 0.717) is 17.7 Å².